The molecule has 0 spiro atoms. The standard InChI is InChI=1S/C11H16ClNO2/c1-7-3-10(4-8(2)11(7)12)15-6-9(14)5-13/h3-4,9,14H,5-6,13H2,1-2H3/t9-/m0/s1. The number of aryl methyl sites for hydroxylation is 2. The molecule has 0 saturated heterocycles. The van der Waals surface area contributed by atoms with Crippen LogP contribution in [0.4, 0.5) is 0 Å². The van der Waals surface area contributed by atoms with Gasteiger partial charge in [-0.25, -0.2) is 0 Å². The Balaban J connectivity index is 2.70. The summed E-state index contributed by atoms with van der Waals surface area (Å²) in [5.74, 6) is 0.710. The van der Waals surface area contributed by atoms with Crippen LogP contribution in [0, 0.1) is 13.8 Å². The van der Waals surface area contributed by atoms with Crippen LogP contribution in [0.1, 0.15) is 11.1 Å². The van der Waals surface area contributed by atoms with Gasteiger partial charge in [-0.2, -0.15) is 0 Å². The van der Waals surface area contributed by atoms with Gasteiger partial charge in [-0.3, -0.25) is 0 Å². The number of ether oxygens (including phenoxy) is 1. The normalized spacial score (nSPS) is 12.6. The Morgan fingerprint density at radius 3 is 2.40 bits per heavy atom. The van der Waals surface area contributed by atoms with Gasteiger partial charge in [-0.05, 0) is 37.1 Å². The molecule has 1 atom stereocenters. The van der Waals surface area contributed by atoms with E-state index in [0.29, 0.717) is 5.75 Å². The zero-order valence-electron chi connectivity index (χ0n) is 8.96. The first kappa shape index (κ1) is 12.3. The lowest BCUT2D eigenvalue weighted by atomic mass is 10.1. The van der Waals surface area contributed by atoms with Crippen LogP contribution in [0.25, 0.3) is 0 Å². The molecule has 0 bridgehead atoms. The molecule has 0 aromatic heterocycles. The minimum absolute atomic E-state index is 0.200. The third-order valence-electron chi connectivity index (χ3n) is 2.12. The van der Waals surface area contributed by atoms with Crippen molar-refractivity contribution in [2.24, 2.45) is 5.73 Å². The SMILES string of the molecule is Cc1cc(OC[C@@H](O)CN)cc(C)c1Cl. The highest BCUT2D eigenvalue weighted by atomic mass is 35.5. The van der Waals surface area contributed by atoms with Gasteiger partial charge in [-0.1, -0.05) is 11.6 Å². The fraction of sp³-hybridized carbons (Fsp3) is 0.455. The first-order valence-electron chi connectivity index (χ1n) is 4.82. The van der Waals surface area contributed by atoms with E-state index in [1.807, 2.05) is 26.0 Å². The molecule has 84 valence electrons. The lowest BCUT2D eigenvalue weighted by Crippen LogP contribution is -2.26. The van der Waals surface area contributed by atoms with Crippen LogP contribution < -0.4 is 10.5 Å². The van der Waals surface area contributed by atoms with Crippen LogP contribution in [0.2, 0.25) is 5.02 Å². The van der Waals surface area contributed by atoms with Gasteiger partial charge >= 0.3 is 0 Å². The lowest BCUT2D eigenvalue weighted by molar-refractivity contribution is 0.114. The van der Waals surface area contributed by atoms with Crippen molar-refractivity contribution in [3.05, 3.63) is 28.3 Å². The second-order valence-corrected chi connectivity index (χ2v) is 3.95. The summed E-state index contributed by atoms with van der Waals surface area (Å²) in [6.07, 6.45) is -0.624. The quantitative estimate of drug-likeness (QED) is 0.826. The van der Waals surface area contributed by atoms with Crippen LogP contribution in [0.15, 0.2) is 12.1 Å². The molecule has 3 nitrogen and oxygen atoms in total. The van der Waals surface area contributed by atoms with E-state index in [4.69, 9.17) is 22.1 Å². The molecular weight excluding hydrogens is 214 g/mol. The minimum Gasteiger partial charge on any atom is -0.491 e. The van der Waals surface area contributed by atoms with E-state index >= 15 is 0 Å². The molecular formula is C11H16ClNO2. The van der Waals surface area contributed by atoms with Crippen molar-refractivity contribution in [1.29, 1.82) is 0 Å². The van der Waals surface area contributed by atoms with E-state index in [1.54, 1.807) is 0 Å². The Morgan fingerprint density at radius 2 is 1.93 bits per heavy atom. The maximum Gasteiger partial charge on any atom is 0.120 e. The monoisotopic (exact) mass is 229 g/mol. The van der Waals surface area contributed by atoms with Gasteiger partial charge in [0, 0.05) is 11.6 Å². The number of halogens is 1. The smallest absolute Gasteiger partial charge is 0.120 e. The van der Waals surface area contributed by atoms with Gasteiger partial charge in [0.1, 0.15) is 18.5 Å². The van der Waals surface area contributed by atoms with Crippen LogP contribution >= 0.6 is 11.6 Å². The predicted molar refractivity (Wildman–Crippen MR) is 61.5 cm³/mol. The maximum absolute atomic E-state index is 9.24. The summed E-state index contributed by atoms with van der Waals surface area (Å²) in [6, 6.07) is 3.69. The summed E-state index contributed by atoms with van der Waals surface area (Å²) in [7, 11) is 0. The summed E-state index contributed by atoms with van der Waals surface area (Å²) in [4.78, 5) is 0. The molecule has 0 saturated carbocycles. The molecule has 3 N–H and O–H groups in total. The van der Waals surface area contributed by atoms with Crippen LogP contribution in [-0.2, 0) is 0 Å². The second-order valence-electron chi connectivity index (χ2n) is 3.57. The maximum atomic E-state index is 9.24. The predicted octanol–water partition coefficient (Wildman–Crippen LogP) is 1.66. The van der Waals surface area contributed by atoms with Crippen molar-refractivity contribution in [3.8, 4) is 5.75 Å². The van der Waals surface area contributed by atoms with Crippen molar-refractivity contribution in [1.82, 2.24) is 0 Å². The van der Waals surface area contributed by atoms with Gasteiger partial charge in [-0.15, -0.1) is 0 Å². The molecule has 0 aliphatic carbocycles. The molecule has 1 aromatic carbocycles. The van der Waals surface area contributed by atoms with Gasteiger partial charge in [0.25, 0.3) is 0 Å². The molecule has 0 amide bonds. The molecule has 0 aliphatic rings. The summed E-state index contributed by atoms with van der Waals surface area (Å²) < 4.78 is 5.39. The molecule has 0 fully saturated rings. The molecule has 4 heteroatoms. The zero-order valence-corrected chi connectivity index (χ0v) is 9.71. The summed E-state index contributed by atoms with van der Waals surface area (Å²) in [5.41, 5.74) is 7.20. The van der Waals surface area contributed by atoms with Crippen molar-refractivity contribution < 1.29 is 9.84 Å². The van der Waals surface area contributed by atoms with Gasteiger partial charge in [0.05, 0.1) is 0 Å². The van der Waals surface area contributed by atoms with E-state index in [0.717, 1.165) is 16.1 Å². The number of hydrogen-bond acceptors (Lipinski definition) is 3. The van der Waals surface area contributed by atoms with E-state index < -0.39 is 6.10 Å². The van der Waals surface area contributed by atoms with Gasteiger partial charge in [0.2, 0.25) is 0 Å². The zero-order chi connectivity index (χ0) is 11.4. The van der Waals surface area contributed by atoms with E-state index in [9.17, 15) is 5.11 Å². The summed E-state index contributed by atoms with van der Waals surface area (Å²) >= 11 is 6.01. The van der Waals surface area contributed by atoms with Gasteiger partial charge < -0.3 is 15.6 Å². The molecule has 15 heavy (non-hydrogen) atoms. The van der Waals surface area contributed by atoms with Crippen molar-refractivity contribution in [2.45, 2.75) is 20.0 Å². The van der Waals surface area contributed by atoms with E-state index in [2.05, 4.69) is 0 Å². The fourth-order valence-electron chi connectivity index (χ4n) is 1.25. The first-order chi connectivity index (χ1) is 7.04. The first-order valence-corrected chi connectivity index (χ1v) is 5.20. The topological polar surface area (TPSA) is 55.5 Å². The molecule has 0 unspecified atom stereocenters. The van der Waals surface area contributed by atoms with Crippen LogP contribution in [0.3, 0.4) is 0 Å². The number of aliphatic hydroxyl groups is 1. The number of hydrogen-bond donors (Lipinski definition) is 2. The Bertz CT molecular complexity index is 318. The number of nitrogens with two attached hydrogens (primary N) is 1. The summed E-state index contributed by atoms with van der Waals surface area (Å²) in [5, 5.41) is 9.99. The highest BCUT2D eigenvalue weighted by molar-refractivity contribution is 6.32. The van der Waals surface area contributed by atoms with Gasteiger partial charge in [0.15, 0.2) is 0 Å². The lowest BCUT2D eigenvalue weighted by Gasteiger charge is -2.12. The van der Waals surface area contributed by atoms with Crippen LogP contribution in [-0.4, -0.2) is 24.4 Å². The highest BCUT2D eigenvalue weighted by Gasteiger charge is 2.06. The Morgan fingerprint density at radius 1 is 1.40 bits per heavy atom. The van der Waals surface area contributed by atoms with Crippen molar-refractivity contribution >= 4 is 11.6 Å². The average molecular weight is 230 g/mol. The molecule has 1 rings (SSSR count). The molecule has 0 heterocycles. The number of rotatable bonds is 4. The average Bonchev–Trinajstić information content (AvgIpc) is 2.22. The Hall–Kier alpha value is -0.770. The third-order valence-corrected chi connectivity index (χ3v) is 2.72. The molecule has 1 aromatic rings. The van der Waals surface area contributed by atoms with Crippen molar-refractivity contribution in [2.75, 3.05) is 13.2 Å². The van der Waals surface area contributed by atoms with Crippen LogP contribution in [0.5, 0.6) is 5.75 Å². The number of benzene rings is 1. The number of aliphatic hydroxyl groups excluding tert-OH is 1. The Kier molecular flexibility index (Phi) is 4.39. The van der Waals surface area contributed by atoms with E-state index in [1.165, 1.54) is 0 Å². The summed E-state index contributed by atoms with van der Waals surface area (Å²) in [6.45, 7) is 4.24. The second kappa shape index (κ2) is 5.35. The minimum atomic E-state index is -0.624. The third kappa shape index (κ3) is 3.38. The Labute approximate surface area is 94.8 Å². The van der Waals surface area contributed by atoms with E-state index in [-0.39, 0.29) is 13.2 Å². The van der Waals surface area contributed by atoms with Crippen molar-refractivity contribution in [3.63, 3.8) is 0 Å². The molecule has 0 aliphatic heterocycles. The fourth-order valence-corrected chi connectivity index (χ4v) is 1.36. The largest absolute Gasteiger partial charge is 0.491 e. The molecule has 0 radical (unpaired) electrons. The highest BCUT2D eigenvalue weighted by Crippen LogP contribution is 2.25.